The number of amides is 1. The number of hydrogen-bond donors (Lipinski definition) is 3. The summed E-state index contributed by atoms with van der Waals surface area (Å²) in [6, 6.07) is 11.1. The third kappa shape index (κ3) is 8.90. The highest BCUT2D eigenvalue weighted by molar-refractivity contribution is 14.0. The van der Waals surface area contributed by atoms with E-state index in [4.69, 9.17) is 0 Å². The van der Waals surface area contributed by atoms with Gasteiger partial charge >= 0.3 is 0 Å². The number of nitrogens with zero attached hydrogens (tertiary/aromatic N) is 2. The topological polar surface area (TPSA) is 68.8 Å². The normalized spacial score (nSPS) is 16.1. The van der Waals surface area contributed by atoms with Crippen molar-refractivity contribution >= 4 is 35.8 Å². The van der Waals surface area contributed by atoms with Gasteiger partial charge in [-0.25, -0.2) is 0 Å². The van der Waals surface area contributed by atoms with Crippen molar-refractivity contribution in [2.45, 2.75) is 53.1 Å². The van der Waals surface area contributed by atoms with E-state index in [-0.39, 0.29) is 29.9 Å². The number of halogens is 1. The molecule has 0 unspecified atom stereocenters. The van der Waals surface area contributed by atoms with Crippen molar-refractivity contribution in [1.82, 2.24) is 20.9 Å². The molecule has 1 aliphatic rings. The molecule has 6 nitrogen and oxygen atoms in total. The molecule has 1 amide bonds. The minimum Gasteiger partial charge on any atom is -0.357 e. The van der Waals surface area contributed by atoms with Crippen LogP contribution in [-0.4, -0.2) is 55.5 Å². The minimum atomic E-state index is -0.516. The Kier molecular flexibility index (Phi) is 11.6. The fourth-order valence-electron chi connectivity index (χ4n) is 3.34. The summed E-state index contributed by atoms with van der Waals surface area (Å²) < 4.78 is 0. The van der Waals surface area contributed by atoms with Crippen molar-refractivity contribution in [3.8, 4) is 0 Å². The van der Waals surface area contributed by atoms with Crippen molar-refractivity contribution < 1.29 is 4.79 Å². The maximum absolute atomic E-state index is 12.2. The van der Waals surface area contributed by atoms with E-state index in [2.05, 4.69) is 63.1 Å². The molecule has 0 saturated carbocycles. The summed E-state index contributed by atoms with van der Waals surface area (Å²) in [5.41, 5.74) is 0.855. The van der Waals surface area contributed by atoms with Gasteiger partial charge in [-0.2, -0.15) is 0 Å². The number of nitrogens with one attached hydrogen (secondary N) is 3. The molecule has 1 aliphatic heterocycles. The first-order chi connectivity index (χ1) is 13.4. The summed E-state index contributed by atoms with van der Waals surface area (Å²) in [4.78, 5) is 19.4. The highest BCUT2D eigenvalue weighted by Gasteiger charge is 2.27. The Morgan fingerprint density at radius 2 is 1.72 bits per heavy atom. The van der Waals surface area contributed by atoms with Gasteiger partial charge in [-0.05, 0) is 46.1 Å². The van der Waals surface area contributed by atoms with Gasteiger partial charge in [-0.15, -0.1) is 24.0 Å². The Hall–Kier alpha value is -1.35. The minimum absolute atomic E-state index is 0. The van der Waals surface area contributed by atoms with Crippen LogP contribution in [0.4, 0.5) is 0 Å². The monoisotopic (exact) mass is 515 g/mol. The van der Waals surface area contributed by atoms with Crippen LogP contribution in [0.15, 0.2) is 35.3 Å². The first-order valence-corrected chi connectivity index (χ1v) is 10.5. The number of guanidine groups is 1. The predicted octanol–water partition coefficient (Wildman–Crippen LogP) is 2.99. The summed E-state index contributed by atoms with van der Waals surface area (Å²) in [6.45, 7) is 13.0. The maximum Gasteiger partial charge on any atom is 0.227 e. The van der Waals surface area contributed by atoms with E-state index in [1.807, 2.05) is 20.8 Å². The van der Waals surface area contributed by atoms with Crippen LogP contribution in [0.1, 0.15) is 46.1 Å². The molecule has 1 saturated heterocycles. The Morgan fingerprint density at radius 1 is 1.10 bits per heavy atom. The number of hydrogen-bond acceptors (Lipinski definition) is 3. The van der Waals surface area contributed by atoms with Gasteiger partial charge < -0.3 is 16.0 Å². The number of likely N-dealkylation sites (tertiary alicyclic amines) is 1. The second-order valence-corrected chi connectivity index (χ2v) is 8.12. The van der Waals surface area contributed by atoms with E-state index >= 15 is 0 Å². The molecule has 3 N–H and O–H groups in total. The number of benzene rings is 1. The van der Waals surface area contributed by atoms with Crippen LogP contribution >= 0.6 is 24.0 Å². The van der Waals surface area contributed by atoms with Crippen molar-refractivity contribution in [1.29, 1.82) is 0 Å². The number of rotatable bonds is 8. The largest absolute Gasteiger partial charge is 0.357 e. The summed E-state index contributed by atoms with van der Waals surface area (Å²) in [7, 11) is 0. The average Bonchev–Trinajstić information content (AvgIpc) is 2.69. The van der Waals surface area contributed by atoms with Gasteiger partial charge in [0, 0.05) is 38.8 Å². The van der Waals surface area contributed by atoms with Crippen molar-refractivity contribution in [3.63, 3.8) is 0 Å². The lowest BCUT2D eigenvalue weighted by Crippen LogP contribution is -2.49. The first kappa shape index (κ1) is 25.7. The lowest BCUT2D eigenvalue weighted by Gasteiger charge is -2.33. The van der Waals surface area contributed by atoms with Crippen LogP contribution in [0.25, 0.3) is 0 Å². The quantitative estimate of drug-likeness (QED) is 0.283. The van der Waals surface area contributed by atoms with Gasteiger partial charge in [0.15, 0.2) is 5.96 Å². The van der Waals surface area contributed by atoms with Gasteiger partial charge in [-0.1, -0.05) is 30.3 Å². The molecule has 0 aromatic heterocycles. The van der Waals surface area contributed by atoms with Crippen molar-refractivity contribution in [2.24, 2.45) is 10.4 Å². The van der Waals surface area contributed by atoms with Gasteiger partial charge in [0.1, 0.15) is 0 Å². The Balaban J connectivity index is 0.00000420. The lowest BCUT2D eigenvalue weighted by molar-refractivity contribution is -0.128. The highest BCUT2D eigenvalue weighted by atomic mass is 127. The smallest absolute Gasteiger partial charge is 0.227 e. The van der Waals surface area contributed by atoms with Crippen LogP contribution in [0.2, 0.25) is 0 Å². The highest BCUT2D eigenvalue weighted by Crippen LogP contribution is 2.16. The Labute approximate surface area is 193 Å². The van der Waals surface area contributed by atoms with Gasteiger partial charge in [0.25, 0.3) is 0 Å². The second kappa shape index (κ2) is 13.1. The molecule has 1 aromatic rings. The third-order valence-corrected chi connectivity index (χ3v) is 5.11. The molecular formula is C22H38IN5O. The van der Waals surface area contributed by atoms with E-state index < -0.39 is 5.41 Å². The number of aliphatic imine (C=N–C) groups is 1. The fourth-order valence-corrected chi connectivity index (χ4v) is 3.34. The van der Waals surface area contributed by atoms with E-state index in [1.165, 1.54) is 5.56 Å². The molecule has 1 heterocycles. The standard InChI is InChI=1S/C22H37N5O.HI/c1-5-23-20(28)22(3,4)17-25-21(24-6-2)26-19-12-14-27(15-13-19)16-18-10-8-7-9-11-18;/h7-11,19H,5-6,12-17H2,1-4H3,(H,23,28)(H2,24,25,26);1H. The molecule has 2 rings (SSSR count). The van der Waals surface area contributed by atoms with Crippen LogP contribution in [0.5, 0.6) is 0 Å². The van der Waals surface area contributed by atoms with E-state index in [1.54, 1.807) is 0 Å². The number of piperidine rings is 1. The molecule has 0 bridgehead atoms. The fraction of sp³-hybridized carbons (Fsp3) is 0.636. The molecular weight excluding hydrogens is 477 g/mol. The van der Waals surface area contributed by atoms with Crippen LogP contribution in [-0.2, 0) is 11.3 Å². The van der Waals surface area contributed by atoms with E-state index in [0.717, 1.165) is 45.0 Å². The molecule has 164 valence electrons. The predicted molar refractivity (Wildman–Crippen MR) is 132 cm³/mol. The molecule has 1 aromatic carbocycles. The van der Waals surface area contributed by atoms with Crippen molar-refractivity contribution in [3.05, 3.63) is 35.9 Å². The van der Waals surface area contributed by atoms with E-state index in [9.17, 15) is 4.79 Å². The summed E-state index contributed by atoms with van der Waals surface area (Å²) in [5, 5.41) is 9.78. The Morgan fingerprint density at radius 3 is 2.31 bits per heavy atom. The van der Waals surface area contributed by atoms with Gasteiger partial charge in [0.2, 0.25) is 5.91 Å². The third-order valence-electron chi connectivity index (χ3n) is 5.11. The lowest BCUT2D eigenvalue weighted by atomic mass is 9.92. The molecule has 0 radical (unpaired) electrons. The second-order valence-electron chi connectivity index (χ2n) is 8.12. The molecule has 1 fully saturated rings. The molecule has 0 aliphatic carbocycles. The van der Waals surface area contributed by atoms with Gasteiger partial charge in [0.05, 0.1) is 12.0 Å². The average molecular weight is 515 g/mol. The zero-order chi connectivity index (χ0) is 20.4. The van der Waals surface area contributed by atoms with Crippen LogP contribution in [0.3, 0.4) is 0 Å². The number of carbonyl (C=O) groups is 1. The number of carbonyl (C=O) groups excluding carboxylic acids is 1. The van der Waals surface area contributed by atoms with Crippen LogP contribution in [0, 0.1) is 5.41 Å². The van der Waals surface area contributed by atoms with Gasteiger partial charge in [-0.3, -0.25) is 14.7 Å². The maximum atomic E-state index is 12.2. The molecule has 0 atom stereocenters. The SMILES string of the molecule is CCNC(=O)C(C)(C)CN=C(NCC)NC1CCN(Cc2ccccc2)CC1.I. The summed E-state index contributed by atoms with van der Waals surface area (Å²) in [5.74, 6) is 0.852. The zero-order valence-electron chi connectivity index (χ0n) is 18.3. The van der Waals surface area contributed by atoms with Crippen molar-refractivity contribution in [2.75, 3.05) is 32.7 Å². The Bertz CT molecular complexity index is 627. The zero-order valence-corrected chi connectivity index (χ0v) is 20.7. The van der Waals surface area contributed by atoms with Crippen LogP contribution < -0.4 is 16.0 Å². The summed E-state index contributed by atoms with van der Waals surface area (Å²) in [6.07, 6.45) is 2.19. The molecule has 7 heteroatoms. The molecule has 29 heavy (non-hydrogen) atoms. The summed E-state index contributed by atoms with van der Waals surface area (Å²) >= 11 is 0. The van der Waals surface area contributed by atoms with E-state index in [0.29, 0.717) is 19.1 Å². The molecule has 0 spiro atoms. The first-order valence-electron chi connectivity index (χ1n) is 10.5.